The Kier molecular flexibility index (Phi) is 5.78. The van der Waals surface area contributed by atoms with Crippen molar-refractivity contribution >= 4 is 16.0 Å². The van der Waals surface area contributed by atoms with Gasteiger partial charge in [-0.2, -0.15) is 4.31 Å². The molecule has 0 unspecified atom stereocenters. The van der Waals surface area contributed by atoms with E-state index in [0.29, 0.717) is 0 Å². The summed E-state index contributed by atoms with van der Waals surface area (Å²) in [5.74, 6) is -2.58. The van der Waals surface area contributed by atoms with Crippen LogP contribution >= 0.6 is 0 Å². The summed E-state index contributed by atoms with van der Waals surface area (Å²) >= 11 is 0. The number of hydrogen-bond donors (Lipinski definition) is 3. The molecule has 9 heteroatoms. The maximum Gasteiger partial charge on any atom is 0.338 e. The van der Waals surface area contributed by atoms with Crippen LogP contribution < -0.4 is 0 Å². The molecule has 0 fully saturated rings. The van der Waals surface area contributed by atoms with Gasteiger partial charge in [-0.05, 0) is 24.6 Å². The third-order valence-electron chi connectivity index (χ3n) is 2.80. The van der Waals surface area contributed by atoms with Crippen molar-refractivity contribution < 1.29 is 32.9 Å². The summed E-state index contributed by atoms with van der Waals surface area (Å²) in [6.07, 6.45) is 0. The van der Waals surface area contributed by atoms with Crippen LogP contribution in [0, 0.1) is 12.7 Å². The van der Waals surface area contributed by atoms with Gasteiger partial charge in [0.1, 0.15) is 5.82 Å². The first-order valence-electron chi connectivity index (χ1n) is 6.01. The Labute approximate surface area is 121 Å². The Morgan fingerprint density at radius 3 is 2.19 bits per heavy atom. The number of sulfonamides is 1. The predicted molar refractivity (Wildman–Crippen MR) is 71.0 cm³/mol. The third-order valence-corrected chi connectivity index (χ3v) is 4.67. The molecule has 0 saturated carbocycles. The Morgan fingerprint density at radius 2 is 1.76 bits per heavy atom. The average molecular weight is 321 g/mol. The Bertz CT molecular complexity index is 625. The number of nitrogens with zero attached hydrogens (tertiary/aromatic N) is 1. The molecule has 3 N–H and O–H groups in total. The highest BCUT2D eigenvalue weighted by Gasteiger charge is 2.26. The number of benzene rings is 1. The molecule has 0 radical (unpaired) electrons. The monoisotopic (exact) mass is 321 g/mol. The molecule has 0 bridgehead atoms. The van der Waals surface area contributed by atoms with Gasteiger partial charge >= 0.3 is 5.97 Å². The van der Waals surface area contributed by atoms with E-state index in [1.54, 1.807) is 0 Å². The number of rotatable bonds is 7. The zero-order valence-electron chi connectivity index (χ0n) is 11.3. The lowest BCUT2D eigenvalue weighted by Crippen LogP contribution is -2.36. The van der Waals surface area contributed by atoms with Gasteiger partial charge in [0.15, 0.2) is 0 Å². The van der Waals surface area contributed by atoms with Crippen molar-refractivity contribution in [3.63, 3.8) is 0 Å². The molecular weight excluding hydrogens is 305 g/mol. The van der Waals surface area contributed by atoms with E-state index in [4.69, 9.17) is 15.3 Å². The minimum absolute atomic E-state index is 0.124. The smallest absolute Gasteiger partial charge is 0.338 e. The van der Waals surface area contributed by atoms with Crippen molar-refractivity contribution in [1.82, 2.24) is 4.31 Å². The quantitative estimate of drug-likeness (QED) is 0.641. The first kappa shape index (κ1) is 17.5. The molecule has 118 valence electrons. The molecule has 0 spiro atoms. The van der Waals surface area contributed by atoms with Gasteiger partial charge in [-0.3, -0.25) is 0 Å². The van der Waals surface area contributed by atoms with Gasteiger partial charge in [0.25, 0.3) is 0 Å². The van der Waals surface area contributed by atoms with Crippen LogP contribution in [-0.4, -0.2) is 60.3 Å². The fourth-order valence-electron chi connectivity index (χ4n) is 1.77. The van der Waals surface area contributed by atoms with Crippen LogP contribution in [-0.2, 0) is 10.0 Å². The van der Waals surface area contributed by atoms with Crippen LogP contribution in [0.3, 0.4) is 0 Å². The lowest BCUT2D eigenvalue weighted by Gasteiger charge is -2.20. The summed E-state index contributed by atoms with van der Waals surface area (Å²) in [5.41, 5.74) is -0.872. The largest absolute Gasteiger partial charge is 0.478 e. The van der Waals surface area contributed by atoms with Crippen LogP contribution in [0.4, 0.5) is 4.39 Å². The molecule has 0 aliphatic rings. The molecule has 7 nitrogen and oxygen atoms in total. The van der Waals surface area contributed by atoms with Crippen molar-refractivity contribution in [1.29, 1.82) is 0 Å². The number of carbonyl (C=O) groups is 1. The van der Waals surface area contributed by atoms with Gasteiger partial charge in [-0.15, -0.1) is 0 Å². The van der Waals surface area contributed by atoms with E-state index >= 15 is 0 Å². The number of hydrogen-bond acceptors (Lipinski definition) is 5. The van der Waals surface area contributed by atoms with Crippen LogP contribution in [0.5, 0.6) is 0 Å². The van der Waals surface area contributed by atoms with Crippen molar-refractivity contribution in [2.75, 3.05) is 26.3 Å². The standard InChI is InChI=1S/C12H16FNO6S/c1-8-6-9(7-10(11(8)13)12(17)18)21(19,20)14(2-4-15)3-5-16/h6-7,15-16H,2-5H2,1H3,(H,17,18). The average Bonchev–Trinajstić information content (AvgIpc) is 2.40. The van der Waals surface area contributed by atoms with Crippen molar-refractivity contribution in [2.45, 2.75) is 11.8 Å². The Hall–Kier alpha value is -1.55. The highest BCUT2D eigenvalue weighted by molar-refractivity contribution is 7.89. The third kappa shape index (κ3) is 3.76. The minimum Gasteiger partial charge on any atom is -0.478 e. The van der Waals surface area contributed by atoms with Crippen LogP contribution in [0.25, 0.3) is 0 Å². The second kappa shape index (κ2) is 6.94. The summed E-state index contributed by atoms with van der Waals surface area (Å²) in [4.78, 5) is 10.5. The van der Waals surface area contributed by atoms with E-state index < -0.39 is 45.5 Å². The van der Waals surface area contributed by atoms with Gasteiger partial charge in [0.05, 0.1) is 23.7 Å². The summed E-state index contributed by atoms with van der Waals surface area (Å²) in [6, 6.07) is 1.74. The number of aliphatic hydroxyl groups is 2. The Balaban J connectivity index is 3.40. The maximum absolute atomic E-state index is 13.6. The minimum atomic E-state index is -4.14. The van der Waals surface area contributed by atoms with Gasteiger partial charge in [-0.1, -0.05) is 0 Å². The summed E-state index contributed by atoms with van der Waals surface area (Å²) < 4.78 is 39.1. The fourth-order valence-corrected chi connectivity index (χ4v) is 3.30. The van der Waals surface area contributed by atoms with Gasteiger partial charge in [0.2, 0.25) is 10.0 Å². The zero-order valence-corrected chi connectivity index (χ0v) is 12.1. The molecule has 0 amide bonds. The van der Waals surface area contributed by atoms with Gasteiger partial charge in [-0.25, -0.2) is 17.6 Å². The molecule has 0 atom stereocenters. The van der Waals surface area contributed by atoms with E-state index in [1.165, 1.54) is 6.92 Å². The molecular formula is C12H16FNO6S. The van der Waals surface area contributed by atoms with Gasteiger partial charge in [0, 0.05) is 13.1 Å². The van der Waals surface area contributed by atoms with E-state index in [0.717, 1.165) is 16.4 Å². The van der Waals surface area contributed by atoms with E-state index in [9.17, 15) is 17.6 Å². The second-order valence-electron chi connectivity index (χ2n) is 4.26. The van der Waals surface area contributed by atoms with Crippen LogP contribution in [0.1, 0.15) is 15.9 Å². The van der Waals surface area contributed by atoms with E-state index in [1.807, 2.05) is 0 Å². The molecule has 0 aliphatic heterocycles. The first-order valence-corrected chi connectivity index (χ1v) is 7.45. The first-order chi connectivity index (χ1) is 9.75. The SMILES string of the molecule is Cc1cc(S(=O)(=O)N(CCO)CCO)cc(C(=O)O)c1F. The number of halogens is 1. The maximum atomic E-state index is 13.6. The predicted octanol–water partition coefficient (Wildman–Crippen LogP) is -0.192. The van der Waals surface area contributed by atoms with Gasteiger partial charge < -0.3 is 15.3 Å². The van der Waals surface area contributed by atoms with E-state index in [-0.39, 0.29) is 18.7 Å². The molecule has 0 aliphatic carbocycles. The molecule has 0 aromatic heterocycles. The number of carboxylic acid groups (broad SMARTS) is 1. The lowest BCUT2D eigenvalue weighted by atomic mass is 10.1. The van der Waals surface area contributed by atoms with Crippen LogP contribution in [0.2, 0.25) is 0 Å². The van der Waals surface area contributed by atoms with Crippen molar-refractivity contribution in [3.8, 4) is 0 Å². The molecule has 0 heterocycles. The van der Waals surface area contributed by atoms with Crippen molar-refractivity contribution in [2.24, 2.45) is 0 Å². The second-order valence-corrected chi connectivity index (χ2v) is 6.20. The van der Waals surface area contributed by atoms with Crippen molar-refractivity contribution in [3.05, 3.63) is 29.1 Å². The highest BCUT2D eigenvalue weighted by atomic mass is 32.2. The molecule has 1 aromatic rings. The molecule has 1 aromatic carbocycles. The zero-order chi connectivity index (χ0) is 16.2. The lowest BCUT2D eigenvalue weighted by molar-refractivity contribution is 0.0691. The highest BCUT2D eigenvalue weighted by Crippen LogP contribution is 2.22. The van der Waals surface area contributed by atoms with Crippen LogP contribution in [0.15, 0.2) is 17.0 Å². The number of aliphatic hydroxyl groups excluding tert-OH is 2. The summed E-state index contributed by atoms with van der Waals surface area (Å²) in [5, 5.41) is 26.6. The summed E-state index contributed by atoms with van der Waals surface area (Å²) in [7, 11) is -4.14. The number of carboxylic acids is 1. The molecule has 1 rings (SSSR count). The normalized spacial score (nSPS) is 11.9. The number of aryl methyl sites for hydroxylation is 1. The topological polar surface area (TPSA) is 115 Å². The summed E-state index contributed by atoms with van der Waals surface area (Å²) in [6.45, 7) is -0.205. The number of aromatic carboxylic acids is 1. The van der Waals surface area contributed by atoms with E-state index in [2.05, 4.69) is 0 Å². The fraction of sp³-hybridized carbons (Fsp3) is 0.417. The molecule has 0 saturated heterocycles. The Morgan fingerprint density at radius 1 is 1.24 bits per heavy atom. The molecule has 21 heavy (non-hydrogen) atoms.